The molecule has 0 aromatic heterocycles. The molecule has 0 bridgehead atoms. The molecule has 1 aromatic rings. The summed E-state index contributed by atoms with van der Waals surface area (Å²) in [6.07, 6.45) is 0.414. The molecular formula is C12H16N2O4. The maximum absolute atomic E-state index is 11.4. The third-order valence-electron chi connectivity index (χ3n) is 2.33. The number of amides is 1. The molecule has 1 amide bonds. The van der Waals surface area contributed by atoms with E-state index >= 15 is 0 Å². The van der Waals surface area contributed by atoms with Crippen molar-refractivity contribution in [1.29, 1.82) is 0 Å². The molecule has 1 rings (SSSR count). The van der Waals surface area contributed by atoms with Crippen LogP contribution in [0.5, 0.6) is 0 Å². The number of hydrogen-bond acceptors (Lipinski definition) is 5. The second kappa shape index (κ2) is 7.41. The first kappa shape index (κ1) is 14.1. The monoisotopic (exact) mass is 252 g/mol. The Bertz CT molecular complexity index is 383. The highest BCUT2D eigenvalue weighted by Gasteiger charge is 2.25. The van der Waals surface area contributed by atoms with E-state index in [1.807, 2.05) is 30.3 Å². The number of esters is 1. The fraction of sp³-hybridized carbons (Fsp3) is 0.333. The quantitative estimate of drug-likeness (QED) is 0.422. The van der Waals surface area contributed by atoms with Gasteiger partial charge in [-0.3, -0.25) is 9.63 Å². The van der Waals surface area contributed by atoms with E-state index in [1.54, 1.807) is 0 Å². The summed E-state index contributed by atoms with van der Waals surface area (Å²) >= 11 is 0. The molecule has 0 aliphatic heterocycles. The number of nitrogens with two attached hydrogens (primary N) is 1. The van der Waals surface area contributed by atoms with Crippen LogP contribution in [0.4, 0.5) is 0 Å². The minimum Gasteiger partial charge on any atom is -0.467 e. The van der Waals surface area contributed by atoms with E-state index in [2.05, 4.69) is 4.74 Å². The van der Waals surface area contributed by atoms with Crippen molar-refractivity contribution in [2.75, 3.05) is 13.7 Å². The molecule has 1 unspecified atom stereocenters. The van der Waals surface area contributed by atoms with Gasteiger partial charge in [-0.2, -0.15) is 0 Å². The van der Waals surface area contributed by atoms with Gasteiger partial charge in [0.15, 0.2) is 6.04 Å². The molecule has 1 aromatic carbocycles. The average molecular weight is 252 g/mol. The Hall–Kier alpha value is -1.92. The number of hydrogen-bond donors (Lipinski definition) is 1. The molecule has 0 saturated heterocycles. The lowest BCUT2D eigenvalue weighted by Crippen LogP contribution is -2.45. The first-order valence-corrected chi connectivity index (χ1v) is 5.41. The molecule has 0 heterocycles. The Morgan fingerprint density at radius 3 is 2.61 bits per heavy atom. The number of rotatable bonds is 7. The first-order chi connectivity index (χ1) is 8.72. The number of carbonyl (C=O) groups is 2. The number of methoxy groups -OCH3 is 1. The molecule has 0 radical (unpaired) electrons. The van der Waals surface area contributed by atoms with Crippen LogP contribution in [0.2, 0.25) is 0 Å². The van der Waals surface area contributed by atoms with Crippen LogP contribution >= 0.6 is 0 Å². The summed E-state index contributed by atoms with van der Waals surface area (Å²) in [5.41, 5.74) is 6.29. The fourth-order valence-corrected chi connectivity index (χ4v) is 1.36. The molecule has 6 nitrogen and oxygen atoms in total. The molecule has 0 aliphatic carbocycles. The Labute approximate surface area is 105 Å². The van der Waals surface area contributed by atoms with Gasteiger partial charge in [0.2, 0.25) is 6.41 Å². The number of carbonyl (C=O) groups excluding carboxylic acids is 2. The Morgan fingerprint density at radius 1 is 1.44 bits per heavy atom. The van der Waals surface area contributed by atoms with E-state index in [-0.39, 0.29) is 13.2 Å². The lowest BCUT2D eigenvalue weighted by atomic mass is 10.2. The molecule has 6 heteroatoms. The van der Waals surface area contributed by atoms with E-state index in [9.17, 15) is 9.59 Å². The maximum Gasteiger partial charge on any atom is 0.332 e. The Kier molecular flexibility index (Phi) is 5.83. The summed E-state index contributed by atoms with van der Waals surface area (Å²) in [7, 11) is 1.23. The van der Waals surface area contributed by atoms with Crippen molar-refractivity contribution in [3.8, 4) is 0 Å². The first-order valence-electron chi connectivity index (χ1n) is 5.41. The van der Waals surface area contributed by atoms with Crippen LogP contribution in [-0.4, -0.2) is 37.1 Å². The Morgan fingerprint density at radius 2 is 2.11 bits per heavy atom. The molecule has 2 N–H and O–H groups in total. The van der Waals surface area contributed by atoms with Gasteiger partial charge >= 0.3 is 5.97 Å². The third kappa shape index (κ3) is 3.83. The van der Waals surface area contributed by atoms with Crippen molar-refractivity contribution in [2.24, 2.45) is 5.73 Å². The molecule has 18 heavy (non-hydrogen) atoms. The topological polar surface area (TPSA) is 81.9 Å². The van der Waals surface area contributed by atoms with Gasteiger partial charge in [0.1, 0.15) is 6.61 Å². The van der Waals surface area contributed by atoms with Crippen LogP contribution in [0.15, 0.2) is 30.3 Å². The van der Waals surface area contributed by atoms with E-state index in [4.69, 9.17) is 10.6 Å². The SMILES string of the molecule is COC(=O)C(CN)N(C=O)OCc1ccccc1. The highest BCUT2D eigenvalue weighted by molar-refractivity contribution is 5.77. The molecule has 0 aliphatic rings. The van der Waals surface area contributed by atoms with Gasteiger partial charge in [0.05, 0.1) is 7.11 Å². The predicted octanol–water partition coefficient (Wildman–Crippen LogP) is 0.0769. The zero-order chi connectivity index (χ0) is 13.4. The van der Waals surface area contributed by atoms with Gasteiger partial charge in [-0.15, -0.1) is 0 Å². The van der Waals surface area contributed by atoms with Crippen molar-refractivity contribution >= 4 is 12.4 Å². The number of hydroxylamine groups is 2. The van der Waals surface area contributed by atoms with E-state index in [0.717, 1.165) is 10.6 Å². The van der Waals surface area contributed by atoms with Gasteiger partial charge in [0.25, 0.3) is 0 Å². The fourth-order valence-electron chi connectivity index (χ4n) is 1.36. The lowest BCUT2D eigenvalue weighted by Gasteiger charge is -2.23. The number of benzene rings is 1. The zero-order valence-corrected chi connectivity index (χ0v) is 10.1. The average Bonchev–Trinajstić information content (AvgIpc) is 2.43. The van der Waals surface area contributed by atoms with Crippen LogP contribution < -0.4 is 5.73 Å². The normalized spacial score (nSPS) is 11.7. The summed E-state index contributed by atoms with van der Waals surface area (Å²) in [4.78, 5) is 27.5. The smallest absolute Gasteiger partial charge is 0.332 e. The van der Waals surface area contributed by atoms with Crippen LogP contribution in [-0.2, 0) is 25.8 Å². The molecule has 0 saturated carbocycles. The van der Waals surface area contributed by atoms with Gasteiger partial charge in [-0.25, -0.2) is 9.86 Å². The van der Waals surface area contributed by atoms with Crippen LogP contribution in [0.3, 0.4) is 0 Å². The molecular weight excluding hydrogens is 236 g/mol. The second-order valence-corrected chi connectivity index (χ2v) is 3.50. The van der Waals surface area contributed by atoms with Crippen LogP contribution in [0.25, 0.3) is 0 Å². The number of nitrogens with zero attached hydrogens (tertiary/aromatic N) is 1. The van der Waals surface area contributed by atoms with Gasteiger partial charge in [0, 0.05) is 6.54 Å². The number of ether oxygens (including phenoxy) is 1. The van der Waals surface area contributed by atoms with Crippen molar-refractivity contribution in [3.05, 3.63) is 35.9 Å². The highest BCUT2D eigenvalue weighted by atomic mass is 16.7. The minimum atomic E-state index is -0.934. The summed E-state index contributed by atoms with van der Waals surface area (Å²) in [5, 5.41) is 0.874. The van der Waals surface area contributed by atoms with Crippen LogP contribution in [0, 0.1) is 0 Å². The van der Waals surface area contributed by atoms with Crippen molar-refractivity contribution < 1.29 is 19.2 Å². The van der Waals surface area contributed by atoms with Gasteiger partial charge in [-0.1, -0.05) is 30.3 Å². The van der Waals surface area contributed by atoms with E-state index < -0.39 is 12.0 Å². The van der Waals surface area contributed by atoms with Crippen molar-refractivity contribution in [1.82, 2.24) is 5.06 Å². The van der Waals surface area contributed by atoms with E-state index in [1.165, 1.54) is 7.11 Å². The maximum atomic E-state index is 11.4. The van der Waals surface area contributed by atoms with E-state index in [0.29, 0.717) is 6.41 Å². The van der Waals surface area contributed by atoms with Crippen LogP contribution in [0.1, 0.15) is 5.56 Å². The molecule has 0 fully saturated rings. The van der Waals surface area contributed by atoms with Gasteiger partial charge in [-0.05, 0) is 5.56 Å². The summed E-state index contributed by atoms with van der Waals surface area (Å²) in [6, 6.07) is 8.33. The standard InChI is InChI=1S/C12H16N2O4/c1-17-12(16)11(7-13)14(9-15)18-8-10-5-3-2-4-6-10/h2-6,9,11H,7-8,13H2,1H3. The summed E-state index contributed by atoms with van der Waals surface area (Å²) < 4.78 is 4.54. The zero-order valence-electron chi connectivity index (χ0n) is 10.1. The third-order valence-corrected chi connectivity index (χ3v) is 2.33. The molecule has 98 valence electrons. The minimum absolute atomic E-state index is 0.0692. The van der Waals surface area contributed by atoms with Crippen molar-refractivity contribution in [3.63, 3.8) is 0 Å². The molecule has 1 atom stereocenters. The largest absolute Gasteiger partial charge is 0.467 e. The predicted molar refractivity (Wildman–Crippen MR) is 64.0 cm³/mol. The summed E-state index contributed by atoms with van der Waals surface area (Å²) in [6.45, 7) is 0.104. The lowest BCUT2D eigenvalue weighted by molar-refractivity contribution is -0.200. The molecule has 0 spiro atoms. The van der Waals surface area contributed by atoms with Crippen molar-refractivity contribution in [2.45, 2.75) is 12.6 Å². The Balaban J connectivity index is 2.61. The summed E-state index contributed by atoms with van der Waals surface area (Å²) in [5.74, 6) is -0.613. The highest BCUT2D eigenvalue weighted by Crippen LogP contribution is 2.05. The van der Waals surface area contributed by atoms with Gasteiger partial charge < -0.3 is 10.5 Å². The second-order valence-electron chi connectivity index (χ2n) is 3.50.